The third-order valence-corrected chi connectivity index (χ3v) is 5.40. The highest BCUT2D eigenvalue weighted by molar-refractivity contribution is 6.16. The second-order valence-electron chi connectivity index (χ2n) is 9.34. The van der Waals surface area contributed by atoms with Gasteiger partial charge in [-0.15, -0.1) is 5.10 Å². The van der Waals surface area contributed by atoms with Crippen molar-refractivity contribution in [2.24, 2.45) is 0 Å². The summed E-state index contributed by atoms with van der Waals surface area (Å²) in [7, 11) is 1.70. The Bertz CT molecular complexity index is 1370. The SMILES string of the molecule is Cc1cc([C@@H](C)NC(=O)OC(C)(C)C)c2oc3c(C(=O)N(C)c4ccccc4)cnnc3c2c1. The molecular formula is C26H28N4O4. The average Bonchev–Trinajstić information content (AvgIpc) is 3.15. The zero-order valence-electron chi connectivity index (χ0n) is 20.2. The van der Waals surface area contributed by atoms with Crippen LogP contribution in [0, 0.1) is 6.92 Å². The third kappa shape index (κ3) is 4.57. The smallest absolute Gasteiger partial charge is 0.408 e. The number of benzene rings is 2. The van der Waals surface area contributed by atoms with Crippen molar-refractivity contribution >= 4 is 39.8 Å². The highest BCUT2D eigenvalue weighted by atomic mass is 16.6. The van der Waals surface area contributed by atoms with Crippen molar-refractivity contribution in [1.29, 1.82) is 0 Å². The molecule has 34 heavy (non-hydrogen) atoms. The van der Waals surface area contributed by atoms with Crippen molar-refractivity contribution in [1.82, 2.24) is 15.5 Å². The van der Waals surface area contributed by atoms with Crippen LogP contribution in [-0.2, 0) is 4.74 Å². The van der Waals surface area contributed by atoms with E-state index >= 15 is 0 Å². The molecule has 0 radical (unpaired) electrons. The van der Waals surface area contributed by atoms with Crippen molar-refractivity contribution in [2.75, 3.05) is 11.9 Å². The molecule has 0 saturated carbocycles. The van der Waals surface area contributed by atoms with Crippen LogP contribution >= 0.6 is 0 Å². The number of para-hydroxylation sites is 1. The molecule has 8 nitrogen and oxygen atoms in total. The number of carbonyl (C=O) groups excluding carboxylic acids is 2. The van der Waals surface area contributed by atoms with Gasteiger partial charge in [0.05, 0.1) is 12.2 Å². The lowest BCUT2D eigenvalue weighted by Gasteiger charge is -2.22. The molecule has 2 amide bonds. The van der Waals surface area contributed by atoms with Crippen LogP contribution in [0.5, 0.6) is 0 Å². The van der Waals surface area contributed by atoms with Crippen LogP contribution < -0.4 is 10.2 Å². The van der Waals surface area contributed by atoms with Crippen LogP contribution in [-0.4, -0.2) is 34.8 Å². The van der Waals surface area contributed by atoms with Gasteiger partial charge in [0.25, 0.3) is 5.91 Å². The largest absolute Gasteiger partial charge is 0.453 e. The van der Waals surface area contributed by atoms with E-state index in [1.165, 1.54) is 6.20 Å². The quantitative estimate of drug-likeness (QED) is 0.429. The number of aromatic nitrogens is 2. The number of fused-ring (bicyclic) bond motifs is 3. The Kier molecular flexibility index (Phi) is 6.00. The molecule has 0 aliphatic heterocycles. The molecule has 1 atom stereocenters. The number of alkyl carbamates (subject to hydrolysis) is 1. The molecule has 0 fully saturated rings. The molecule has 4 aromatic rings. The first kappa shape index (κ1) is 23.2. The average molecular weight is 461 g/mol. The van der Waals surface area contributed by atoms with Crippen LogP contribution in [0.3, 0.4) is 0 Å². The van der Waals surface area contributed by atoms with E-state index in [1.54, 1.807) is 11.9 Å². The second kappa shape index (κ2) is 8.78. The number of hydrogen-bond acceptors (Lipinski definition) is 6. The fourth-order valence-corrected chi connectivity index (χ4v) is 3.83. The number of ether oxygens (including phenoxy) is 1. The van der Waals surface area contributed by atoms with Crippen LogP contribution in [0.1, 0.15) is 55.2 Å². The Morgan fingerprint density at radius 1 is 1.12 bits per heavy atom. The van der Waals surface area contributed by atoms with Crippen LogP contribution in [0.15, 0.2) is 53.1 Å². The first-order valence-electron chi connectivity index (χ1n) is 11.1. The maximum absolute atomic E-state index is 13.3. The number of nitrogens with one attached hydrogen (secondary N) is 1. The minimum Gasteiger partial charge on any atom is -0.453 e. The summed E-state index contributed by atoms with van der Waals surface area (Å²) >= 11 is 0. The zero-order valence-corrected chi connectivity index (χ0v) is 20.2. The maximum Gasteiger partial charge on any atom is 0.408 e. The molecule has 0 saturated heterocycles. The van der Waals surface area contributed by atoms with E-state index in [0.717, 1.165) is 22.2 Å². The summed E-state index contributed by atoms with van der Waals surface area (Å²) in [4.78, 5) is 27.2. The molecule has 1 N–H and O–H groups in total. The Morgan fingerprint density at radius 2 is 1.82 bits per heavy atom. The monoisotopic (exact) mass is 460 g/mol. The number of aryl methyl sites for hydroxylation is 1. The van der Waals surface area contributed by atoms with Crippen molar-refractivity contribution in [2.45, 2.75) is 46.3 Å². The molecule has 0 bridgehead atoms. The molecule has 0 aliphatic carbocycles. The van der Waals surface area contributed by atoms with Gasteiger partial charge in [-0.2, -0.15) is 5.10 Å². The Morgan fingerprint density at radius 3 is 2.50 bits per heavy atom. The van der Waals surface area contributed by atoms with Crippen LogP contribution in [0.2, 0.25) is 0 Å². The summed E-state index contributed by atoms with van der Waals surface area (Å²) in [6.45, 7) is 9.24. The lowest BCUT2D eigenvalue weighted by Crippen LogP contribution is -2.34. The minimum atomic E-state index is -0.610. The molecular weight excluding hydrogens is 432 g/mol. The van der Waals surface area contributed by atoms with Crippen molar-refractivity contribution < 1.29 is 18.7 Å². The van der Waals surface area contributed by atoms with Gasteiger partial charge in [0.15, 0.2) is 5.58 Å². The van der Waals surface area contributed by atoms with Gasteiger partial charge in [-0.3, -0.25) is 4.79 Å². The molecule has 0 spiro atoms. The second-order valence-corrected chi connectivity index (χ2v) is 9.34. The Balaban J connectivity index is 1.78. The van der Waals surface area contributed by atoms with Gasteiger partial charge in [0.2, 0.25) is 0 Å². The molecule has 2 aromatic heterocycles. The Hall–Kier alpha value is -3.94. The fourth-order valence-electron chi connectivity index (χ4n) is 3.83. The lowest BCUT2D eigenvalue weighted by molar-refractivity contribution is 0.0508. The first-order chi connectivity index (χ1) is 16.0. The van der Waals surface area contributed by atoms with Gasteiger partial charge in [0, 0.05) is 23.7 Å². The predicted octanol–water partition coefficient (Wildman–Crippen LogP) is 5.55. The number of rotatable bonds is 4. The van der Waals surface area contributed by atoms with E-state index in [2.05, 4.69) is 15.5 Å². The number of amides is 2. The number of anilines is 1. The summed E-state index contributed by atoms with van der Waals surface area (Å²) in [5.74, 6) is -0.261. The third-order valence-electron chi connectivity index (χ3n) is 5.40. The molecule has 0 aliphatic rings. The number of hydrogen-bond donors (Lipinski definition) is 1. The molecule has 176 valence electrons. The van der Waals surface area contributed by atoms with E-state index in [1.807, 2.05) is 77.1 Å². The van der Waals surface area contributed by atoms with Gasteiger partial charge in [0.1, 0.15) is 22.3 Å². The summed E-state index contributed by atoms with van der Waals surface area (Å²) in [6.07, 6.45) is 0.896. The molecule has 2 heterocycles. The lowest BCUT2D eigenvalue weighted by atomic mass is 10.0. The van der Waals surface area contributed by atoms with E-state index in [4.69, 9.17) is 9.15 Å². The number of carbonyl (C=O) groups is 2. The van der Waals surface area contributed by atoms with E-state index < -0.39 is 17.7 Å². The standard InChI is InChI=1S/C26H28N4O4/c1-15-12-18(16(2)28-25(32)34-26(3,4)5)22-19(13-15)21-23(33-22)20(14-27-29-21)24(31)30(6)17-10-8-7-9-11-17/h7-14,16H,1-6H3,(H,28,32)/t16-/m1/s1. The normalized spacial score (nSPS) is 12.5. The summed E-state index contributed by atoms with van der Waals surface area (Å²) in [5, 5.41) is 11.9. The zero-order chi connectivity index (χ0) is 24.6. The van der Waals surface area contributed by atoms with Crippen molar-refractivity contribution in [3.05, 3.63) is 65.4 Å². The van der Waals surface area contributed by atoms with Gasteiger partial charge >= 0.3 is 6.09 Å². The van der Waals surface area contributed by atoms with Gasteiger partial charge in [-0.25, -0.2) is 4.79 Å². The topological polar surface area (TPSA) is 97.6 Å². The molecule has 8 heteroatoms. The van der Waals surface area contributed by atoms with Crippen molar-refractivity contribution in [3.63, 3.8) is 0 Å². The van der Waals surface area contributed by atoms with E-state index in [9.17, 15) is 9.59 Å². The molecule has 2 aromatic carbocycles. The van der Waals surface area contributed by atoms with Gasteiger partial charge < -0.3 is 19.4 Å². The van der Waals surface area contributed by atoms with Gasteiger partial charge in [-0.05, 0) is 58.4 Å². The highest BCUT2D eigenvalue weighted by Crippen LogP contribution is 2.35. The Labute approximate surface area is 197 Å². The highest BCUT2D eigenvalue weighted by Gasteiger charge is 2.25. The van der Waals surface area contributed by atoms with E-state index in [0.29, 0.717) is 22.2 Å². The summed E-state index contributed by atoms with van der Waals surface area (Å²) in [5.41, 5.74) is 3.56. The maximum atomic E-state index is 13.3. The van der Waals surface area contributed by atoms with Crippen molar-refractivity contribution in [3.8, 4) is 0 Å². The van der Waals surface area contributed by atoms with Crippen LogP contribution in [0.4, 0.5) is 10.5 Å². The summed E-state index contributed by atoms with van der Waals surface area (Å²) in [6, 6.07) is 12.8. The number of furan rings is 1. The molecule has 4 rings (SSSR count). The molecule has 0 unspecified atom stereocenters. The summed E-state index contributed by atoms with van der Waals surface area (Å²) < 4.78 is 11.6. The fraction of sp³-hybridized carbons (Fsp3) is 0.308. The first-order valence-corrected chi connectivity index (χ1v) is 11.1. The number of nitrogens with zero attached hydrogens (tertiary/aromatic N) is 3. The van der Waals surface area contributed by atoms with Gasteiger partial charge in [-0.1, -0.05) is 24.3 Å². The minimum absolute atomic E-state index is 0.261. The van der Waals surface area contributed by atoms with E-state index in [-0.39, 0.29) is 5.91 Å². The predicted molar refractivity (Wildman–Crippen MR) is 131 cm³/mol. The van der Waals surface area contributed by atoms with Crippen LogP contribution in [0.25, 0.3) is 22.1 Å².